The second-order valence-electron chi connectivity index (χ2n) is 3.86. The molecule has 84 valence electrons. The molecule has 0 amide bonds. The first-order valence-corrected chi connectivity index (χ1v) is 5.58. The van der Waals surface area contributed by atoms with Crippen molar-refractivity contribution in [3.05, 3.63) is 12.2 Å². The molecule has 0 radical (unpaired) electrons. The largest absolute Gasteiger partial charge is 0.463 e. The van der Waals surface area contributed by atoms with Crippen LogP contribution < -0.4 is 0 Å². The molecule has 0 aromatic rings. The summed E-state index contributed by atoms with van der Waals surface area (Å²) in [6, 6.07) is 0. The number of carbonyl (C=O) groups excluding carboxylic acids is 2. The maximum atomic E-state index is 11.1. The molecule has 0 aromatic heterocycles. The Kier molecular flexibility index (Phi) is 5.08. The molecule has 0 aliphatic heterocycles. The molecule has 3 heteroatoms. The van der Waals surface area contributed by atoms with E-state index in [2.05, 4.69) is 0 Å². The lowest BCUT2D eigenvalue weighted by Gasteiger charge is -2.24. The van der Waals surface area contributed by atoms with Crippen molar-refractivity contribution in [1.29, 1.82) is 0 Å². The highest BCUT2D eigenvalue weighted by Gasteiger charge is 2.22. The van der Waals surface area contributed by atoms with E-state index in [1.54, 1.807) is 6.92 Å². The lowest BCUT2D eigenvalue weighted by Crippen LogP contribution is -2.19. The minimum absolute atomic E-state index is 0.0874. The molecule has 1 fully saturated rings. The number of esters is 1. The smallest absolute Gasteiger partial charge is 0.330 e. The van der Waals surface area contributed by atoms with E-state index in [1.165, 1.54) is 6.08 Å². The molecule has 1 aliphatic carbocycles. The predicted octanol–water partition coefficient (Wildman–Crippen LogP) is 2.11. The summed E-state index contributed by atoms with van der Waals surface area (Å²) in [5, 5.41) is 0. The van der Waals surface area contributed by atoms with E-state index in [9.17, 15) is 9.59 Å². The van der Waals surface area contributed by atoms with E-state index in [1.807, 2.05) is 6.08 Å². The van der Waals surface area contributed by atoms with Gasteiger partial charge in [0.1, 0.15) is 6.29 Å². The van der Waals surface area contributed by atoms with Gasteiger partial charge in [0, 0.05) is 12.0 Å². The van der Waals surface area contributed by atoms with Gasteiger partial charge in [0.25, 0.3) is 0 Å². The molecule has 0 heterocycles. The molecule has 0 aromatic carbocycles. The van der Waals surface area contributed by atoms with Crippen molar-refractivity contribution in [2.75, 3.05) is 6.61 Å². The fourth-order valence-electron chi connectivity index (χ4n) is 1.99. The summed E-state index contributed by atoms with van der Waals surface area (Å²) in [6.07, 6.45) is 8.50. The molecular formula is C12H18O3. The van der Waals surface area contributed by atoms with E-state index in [0.717, 1.165) is 32.0 Å². The summed E-state index contributed by atoms with van der Waals surface area (Å²) in [4.78, 5) is 21.9. The van der Waals surface area contributed by atoms with Crippen LogP contribution in [-0.2, 0) is 14.3 Å². The molecule has 1 saturated carbocycles. The molecular weight excluding hydrogens is 192 g/mol. The van der Waals surface area contributed by atoms with Crippen LogP contribution in [-0.4, -0.2) is 18.9 Å². The number of hydrogen-bond acceptors (Lipinski definition) is 3. The van der Waals surface area contributed by atoms with Crippen molar-refractivity contribution in [1.82, 2.24) is 0 Å². The highest BCUT2D eigenvalue weighted by molar-refractivity contribution is 5.82. The first-order chi connectivity index (χ1) is 7.27. The second-order valence-corrected chi connectivity index (χ2v) is 3.86. The number of aldehydes is 1. The Labute approximate surface area is 90.5 Å². The van der Waals surface area contributed by atoms with Crippen LogP contribution in [0.15, 0.2) is 12.2 Å². The molecule has 0 spiro atoms. The maximum absolute atomic E-state index is 11.1. The Morgan fingerprint density at radius 3 is 2.60 bits per heavy atom. The Bertz CT molecular complexity index is 245. The molecule has 1 rings (SSSR count). The van der Waals surface area contributed by atoms with Crippen LogP contribution in [0.1, 0.15) is 32.6 Å². The quantitative estimate of drug-likeness (QED) is 0.405. The molecule has 1 aliphatic rings. The Morgan fingerprint density at radius 1 is 1.33 bits per heavy atom. The summed E-state index contributed by atoms with van der Waals surface area (Å²) in [5.41, 5.74) is 0. The van der Waals surface area contributed by atoms with Crippen molar-refractivity contribution in [3.8, 4) is 0 Å². The number of carbonyl (C=O) groups is 2. The topological polar surface area (TPSA) is 43.4 Å². The zero-order chi connectivity index (χ0) is 11.1. The minimum atomic E-state index is -0.312. The van der Waals surface area contributed by atoms with Gasteiger partial charge in [0.15, 0.2) is 0 Å². The molecule has 0 N–H and O–H groups in total. The van der Waals surface area contributed by atoms with E-state index in [4.69, 9.17) is 4.74 Å². The van der Waals surface area contributed by atoms with Crippen LogP contribution in [0, 0.1) is 11.8 Å². The van der Waals surface area contributed by atoms with E-state index in [0.29, 0.717) is 6.61 Å². The average Bonchev–Trinajstić information content (AvgIpc) is 2.27. The number of allylic oxidation sites excluding steroid dienone is 1. The summed E-state index contributed by atoms with van der Waals surface area (Å²) < 4.78 is 4.79. The Hall–Kier alpha value is -1.12. The first-order valence-electron chi connectivity index (χ1n) is 5.58. The zero-order valence-electron chi connectivity index (χ0n) is 9.15. The molecule has 0 bridgehead atoms. The lowest BCUT2D eigenvalue weighted by atomic mass is 9.80. The molecule has 15 heavy (non-hydrogen) atoms. The Morgan fingerprint density at radius 2 is 2.00 bits per heavy atom. The monoisotopic (exact) mass is 210 g/mol. The summed E-state index contributed by atoms with van der Waals surface area (Å²) >= 11 is 0. The van der Waals surface area contributed by atoms with Gasteiger partial charge in [-0.25, -0.2) is 4.79 Å². The highest BCUT2D eigenvalue weighted by Crippen LogP contribution is 2.29. The van der Waals surface area contributed by atoms with Gasteiger partial charge in [0.2, 0.25) is 0 Å². The van der Waals surface area contributed by atoms with Gasteiger partial charge in [-0.05, 0) is 25.7 Å². The normalized spacial score (nSPS) is 26.5. The third kappa shape index (κ3) is 3.86. The standard InChI is InChI=1S/C12H18O3/c1-2-15-12(14)8-7-10-5-3-4-6-11(10)9-13/h7-11H,2-6H2,1H3/b8-7+/t10-,11-/m1/s1. The Balaban J connectivity index is 2.47. The van der Waals surface area contributed by atoms with Gasteiger partial charge in [-0.15, -0.1) is 0 Å². The van der Waals surface area contributed by atoms with Crippen LogP contribution in [0.3, 0.4) is 0 Å². The second kappa shape index (κ2) is 6.38. The molecule has 3 nitrogen and oxygen atoms in total. The maximum Gasteiger partial charge on any atom is 0.330 e. The summed E-state index contributed by atoms with van der Waals surface area (Å²) in [5.74, 6) is -0.00203. The van der Waals surface area contributed by atoms with E-state index >= 15 is 0 Å². The highest BCUT2D eigenvalue weighted by atomic mass is 16.5. The van der Waals surface area contributed by atoms with Crippen LogP contribution in [0.25, 0.3) is 0 Å². The van der Waals surface area contributed by atoms with Gasteiger partial charge in [-0.3, -0.25) is 0 Å². The molecule has 0 unspecified atom stereocenters. The van der Waals surface area contributed by atoms with Crippen molar-refractivity contribution in [2.24, 2.45) is 11.8 Å². The number of rotatable bonds is 4. The SMILES string of the molecule is CCOC(=O)/C=C/[C@H]1CCCC[C@@H]1C=O. The molecule has 0 saturated heterocycles. The van der Waals surface area contributed by atoms with Crippen molar-refractivity contribution in [3.63, 3.8) is 0 Å². The van der Waals surface area contributed by atoms with Crippen molar-refractivity contribution >= 4 is 12.3 Å². The third-order valence-electron chi connectivity index (χ3n) is 2.82. The van der Waals surface area contributed by atoms with Gasteiger partial charge in [-0.1, -0.05) is 18.9 Å². The van der Waals surface area contributed by atoms with E-state index in [-0.39, 0.29) is 17.8 Å². The van der Waals surface area contributed by atoms with Crippen LogP contribution in [0.2, 0.25) is 0 Å². The van der Waals surface area contributed by atoms with Gasteiger partial charge >= 0.3 is 5.97 Å². The van der Waals surface area contributed by atoms with Crippen molar-refractivity contribution in [2.45, 2.75) is 32.6 Å². The fourth-order valence-corrected chi connectivity index (χ4v) is 1.99. The van der Waals surface area contributed by atoms with E-state index < -0.39 is 0 Å². The lowest BCUT2D eigenvalue weighted by molar-refractivity contribution is -0.137. The first kappa shape index (κ1) is 12.0. The van der Waals surface area contributed by atoms with Crippen LogP contribution in [0.4, 0.5) is 0 Å². The summed E-state index contributed by atoms with van der Waals surface area (Å²) in [7, 11) is 0. The predicted molar refractivity (Wildman–Crippen MR) is 57.3 cm³/mol. The van der Waals surface area contributed by atoms with Crippen molar-refractivity contribution < 1.29 is 14.3 Å². The zero-order valence-corrected chi connectivity index (χ0v) is 9.15. The van der Waals surface area contributed by atoms with Crippen LogP contribution in [0.5, 0.6) is 0 Å². The molecule has 2 atom stereocenters. The number of ether oxygens (including phenoxy) is 1. The third-order valence-corrected chi connectivity index (χ3v) is 2.82. The minimum Gasteiger partial charge on any atom is -0.463 e. The number of hydrogen-bond donors (Lipinski definition) is 0. The van der Waals surface area contributed by atoms with Crippen LogP contribution >= 0.6 is 0 Å². The summed E-state index contributed by atoms with van der Waals surface area (Å²) in [6.45, 7) is 2.17. The fraction of sp³-hybridized carbons (Fsp3) is 0.667. The average molecular weight is 210 g/mol. The van der Waals surface area contributed by atoms with Gasteiger partial charge in [-0.2, -0.15) is 0 Å². The van der Waals surface area contributed by atoms with Gasteiger partial charge < -0.3 is 9.53 Å². The van der Waals surface area contributed by atoms with Gasteiger partial charge in [0.05, 0.1) is 6.61 Å².